The smallest absolute Gasteiger partial charge is 0.335 e. The fraction of sp³-hybridized carbons (Fsp3) is 0.0833. The number of carbonyl (C=O) groups is 2. The fourth-order valence-corrected chi connectivity index (χ4v) is 2.64. The van der Waals surface area contributed by atoms with E-state index in [1.807, 2.05) is 0 Å². The van der Waals surface area contributed by atoms with E-state index >= 15 is 0 Å². The number of rotatable bonds is 2. The third kappa shape index (κ3) is 2.44. The molecule has 6 heteroatoms. The van der Waals surface area contributed by atoms with Gasteiger partial charge in [0.2, 0.25) is 0 Å². The van der Waals surface area contributed by atoms with Crippen molar-refractivity contribution in [2.75, 3.05) is 7.05 Å². The molecule has 0 atom stereocenters. The van der Waals surface area contributed by atoms with E-state index in [0.29, 0.717) is 14.8 Å². The molecule has 1 N–H and O–H groups in total. The molecule has 1 aromatic carbocycles. The monoisotopic (exact) mass is 279 g/mol. The second kappa shape index (κ2) is 4.91. The summed E-state index contributed by atoms with van der Waals surface area (Å²) in [5.41, 5.74) is 0.861. The molecule has 1 saturated heterocycles. The van der Waals surface area contributed by atoms with Gasteiger partial charge < -0.3 is 5.11 Å². The van der Waals surface area contributed by atoms with Gasteiger partial charge in [-0.1, -0.05) is 36.1 Å². The number of carboxylic acid groups (broad SMARTS) is 1. The predicted molar refractivity (Wildman–Crippen MR) is 74.3 cm³/mol. The summed E-state index contributed by atoms with van der Waals surface area (Å²) in [4.78, 5) is 24.5. The van der Waals surface area contributed by atoms with Crippen LogP contribution in [0.25, 0.3) is 6.08 Å². The molecule has 4 nitrogen and oxygen atoms in total. The average Bonchev–Trinajstić information content (AvgIpc) is 2.57. The maximum atomic E-state index is 11.8. The SMILES string of the molecule is CN1C(=O)/C(=C\c2cccc(C(=O)O)c2)SC1=S. The van der Waals surface area contributed by atoms with Gasteiger partial charge in [0, 0.05) is 7.05 Å². The quantitative estimate of drug-likeness (QED) is 0.664. The van der Waals surface area contributed by atoms with Crippen LogP contribution in [0.1, 0.15) is 15.9 Å². The van der Waals surface area contributed by atoms with Crippen molar-refractivity contribution >= 4 is 46.3 Å². The minimum absolute atomic E-state index is 0.161. The first-order valence-corrected chi connectivity index (χ1v) is 6.26. The van der Waals surface area contributed by atoms with E-state index in [4.69, 9.17) is 17.3 Å². The van der Waals surface area contributed by atoms with Crippen molar-refractivity contribution in [2.24, 2.45) is 0 Å². The molecule has 1 aromatic rings. The Hall–Kier alpha value is -1.66. The van der Waals surface area contributed by atoms with Gasteiger partial charge in [-0.25, -0.2) is 4.79 Å². The number of benzene rings is 1. The lowest BCUT2D eigenvalue weighted by Gasteiger charge is -2.03. The number of amides is 1. The van der Waals surface area contributed by atoms with Gasteiger partial charge in [0.15, 0.2) is 0 Å². The molecule has 0 radical (unpaired) electrons. The molecular weight excluding hydrogens is 270 g/mol. The summed E-state index contributed by atoms with van der Waals surface area (Å²) in [5.74, 6) is -1.15. The van der Waals surface area contributed by atoms with Gasteiger partial charge in [-0.3, -0.25) is 9.69 Å². The highest BCUT2D eigenvalue weighted by Gasteiger charge is 2.28. The molecule has 1 aliphatic heterocycles. The third-order valence-corrected chi connectivity index (χ3v) is 3.90. The molecule has 1 fully saturated rings. The second-order valence-corrected chi connectivity index (χ2v) is 5.35. The number of thiocarbonyl (C=S) groups is 1. The standard InChI is InChI=1S/C12H9NO3S2/c1-13-10(14)9(18-12(13)17)6-7-3-2-4-8(5-7)11(15)16/h2-6H,1H3,(H,15,16)/b9-6+. The van der Waals surface area contributed by atoms with Crippen molar-refractivity contribution < 1.29 is 14.7 Å². The van der Waals surface area contributed by atoms with Gasteiger partial charge in [-0.05, 0) is 23.8 Å². The number of carboxylic acids is 1. The molecule has 0 unspecified atom stereocenters. The summed E-state index contributed by atoms with van der Waals surface area (Å²) in [6.45, 7) is 0. The van der Waals surface area contributed by atoms with Crippen LogP contribution >= 0.6 is 24.0 Å². The van der Waals surface area contributed by atoms with Crippen LogP contribution in [0.4, 0.5) is 0 Å². The van der Waals surface area contributed by atoms with Crippen molar-refractivity contribution in [3.63, 3.8) is 0 Å². The van der Waals surface area contributed by atoms with E-state index in [9.17, 15) is 9.59 Å². The van der Waals surface area contributed by atoms with E-state index in [0.717, 1.165) is 0 Å². The fourth-order valence-electron chi connectivity index (χ4n) is 1.46. The molecule has 92 valence electrons. The molecule has 0 aromatic heterocycles. The number of thioether (sulfide) groups is 1. The average molecular weight is 279 g/mol. The van der Waals surface area contributed by atoms with Gasteiger partial charge in [0.25, 0.3) is 5.91 Å². The number of hydrogen-bond donors (Lipinski definition) is 1. The topological polar surface area (TPSA) is 57.6 Å². The summed E-state index contributed by atoms with van der Waals surface area (Å²) in [6, 6.07) is 6.41. The molecule has 0 aliphatic carbocycles. The summed E-state index contributed by atoms with van der Waals surface area (Å²) in [6.07, 6.45) is 1.65. The molecular formula is C12H9NO3S2. The van der Waals surface area contributed by atoms with E-state index in [-0.39, 0.29) is 11.5 Å². The van der Waals surface area contributed by atoms with Crippen LogP contribution in [0, 0.1) is 0 Å². The first-order valence-electron chi connectivity index (χ1n) is 5.04. The Bertz CT molecular complexity index is 580. The third-order valence-electron chi connectivity index (χ3n) is 2.42. The van der Waals surface area contributed by atoms with Crippen molar-refractivity contribution in [1.29, 1.82) is 0 Å². The van der Waals surface area contributed by atoms with Crippen LogP contribution in [-0.2, 0) is 4.79 Å². The lowest BCUT2D eigenvalue weighted by molar-refractivity contribution is -0.121. The maximum Gasteiger partial charge on any atom is 0.335 e. The maximum absolute atomic E-state index is 11.8. The zero-order valence-electron chi connectivity index (χ0n) is 9.41. The minimum Gasteiger partial charge on any atom is -0.478 e. The summed E-state index contributed by atoms with van der Waals surface area (Å²) in [5, 5.41) is 8.88. The highest BCUT2D eigenvalue weighted by atomic mass is 32.2. The van der Waals surface area contributed by atoms with Crippen molar-refractivity contribution in [3.05, 3.63) is 40.3 Å². The first-order chi connectivity index (χ1) is 8.49. The number of aromatic carboxylic acids is 1. The molecule has 1 heterocycles. The number of likely N-dealkylation sites (N-methyl/N-ethyl adjacent to an activating group) is 1. The van der Waals surface area contributed by atoms with Gasteiger partial charge in [-0.15, -0.1) is 0 Å². The zero-order chi connectivity index (χ0) is 13.3. The summed E-state index contributed by atoms with van der Waals surface area (Å²) < 4.78 is 0.501. The Balaban J connectivity index is 2.34. The van der Waals surface area contributed by atoms with Gasteiger partial charge in [0.1, 0.15) is 4.32 Å². The highest BCUT2D eigenvalue weighted by Crippen LogP contribution is 2.31. The van der Waals surface area contributed by atoms with Crippen LogP contribution in [0.5, 0.6) is 0 Å². The first kappa shape index (κ1) is 12.8. The Morgan fingerprint density at radius 3 is 2.78 bits per heavy atom. The van der Waals surface area contributed by atoms with Crippen molar-refractivity contribution in [2.45, 2.75) is 0 Å². The minimum atomic E-state index is -0.992. The Kier molecular flexibility index (Phi) is 3.49. The molecule has 0 spiro atoms. The van der Waals surface area contributed by atoms with Crippen LogP contribution in [-0.4, -0.2) is 33.3 Å². The van der Waals surface area contributed by atoms with E-state index in [2.05, 4.69) is 0 Å². The normalized spacial score (nSPS) is 17.6. The molecule has 1 amide bonds. The molecule has 18 heavy (non-hydrogen) atoms. The lowest BCUT2D eigenvalue weighted by Crippen LogP contribution is -2.22. The predicted octanol–water partition coefficient (Wildman–Crippen LogP) is 2.22. The number of nitrogens with zero attached hydrogens (tertiary/aromatic N) is 1. The van der Waals surface area contributed by atoms with Gasteiger partial charge in [-0.2, -0.15) is 0 Å². The Labute approximate surface area is 113 Å². The highest BCUT2D eigenvalue weighted by molar-refractivity contribution is 8.26. The van der Waals surface area contributed by atoms with Crippen LogP contribution < -0.4 is 0 Å². The molecule has 0 saturated carbocycles. The largest absolute Gasteiger partial charge is 0.478 e. The van der Waals surface area contributed by atoms with Crippen LogP contribution in [0.15, 0.2) is 29.2 Å². The second-order valence-electron chi connectivity index (χ2n) is 3.67. The molecule has 2 rings (SSSR count). The Morgan fingerprint density at radius 2 is 2.22 bits per heavy atom. The van der Waals surface area contributed by atoms with E-state index in [1.165, 1.54) is 28.8 Å². The summed E-state index contributed by atoms with van der Waals surface area (Å²) in [7, 11) is 1.62. The van der Waals surface area contributed by atoms with Crippen LogP contribution in [0.2, 0.25) is 0 Å². The zero-order valence-corrected chi connectivity index (χ0v) is 11.0. The van der Waals surface area contributed by atoms with Crippen molar-refractivity contribution in [1.82, 2.24) is 4.90 Å². The number of hydrogen-bond acceptors (Lipinski definition) is 4. The molecule has 0 bridgehead atoms. The van der Waals surface area contributed by atoms with Gasteiger partial charge >= 0.3 is 5.97 Å². The van der Waals surface area contributed by atoms with Gasteiger partial charge in [0.05, 0.1) is 10.5 Å². The van der Waals surface area contributed by atoms with E-state index in [1.54, 1.807) is 25.3 Å². The Morgan fingerprint density at radius 1 is 1.50 bits per heavy atom. The van der Waals surface area contributed by atoms with Crippen molar-refractivity contribution in [3.8, 4) is 0 Å². The number of carbonyl (C=O) groups excluding carboxylic acids is 1. The summed E-state index contributed by atoms with van der Waals surface area (Å²) >= 11 is 6.22. The van der Waals surface area contributed by atoms with E-state index < -0.39 is 5.97 Å². The van der Waals surface area contributed by atoms with Crippen LogP contribution in [0.3, 0.4) is 0 Å². The lowest BCUT2D eigenvalue weighted by atomic mass is 10.1. The molecule has 1 aliphatic rings.